The molecule has 1 saturated carbocycles. The summed E-state index contributed by atoms with van der Waals surface area (Å²) in [6, 6.07) is 2.73. The van der Waals surface area contributed by atoms with Gasteiger partial charge in [0, 0.05) is 25.3 Å². The van der Waals surface area contributed by atoms with Gasteiger partial charge in [0.1, 0.15) is 5.82 Å². The second-order valence-corrected chi connectivity index (χ2v) is 7.48. The first-order valence-electron chi connectivity index (χ1n) is 9.22. The number of nitrogens with zero attached hydrogens (tertiary/aromatic N) is 3. The number of halogens is 2. The van der Waals surface area contributed by atoms with Crippen molar-refractivity contribution in [1.29, 1.82) is 0 Å². The topological polar surface area (TPSA) is 59.2 Å². The van der Waals surface area contributed by atoms with Crippen molar-refractivity contribution in [2.75, 3.05) is 11.4 Å². The van der Waals surface area contributed by atoms with E-state index in [0.29, 0.717) is 30.5 Å². The molecule has 1 fully saturated rings. The lowest BCUT2D eigenvalue weighted by atomic mass is 10.0. The van der Waals surface area contributed by atoms with E-state index in [-0.39, 0.29) is 23.2 Å². The van der Waals surface area contributed by atoms with E-state index in [4.69, 9.17) is 16.1 Å². The van der Waals surface area contributed by atoms with E-state index in [0.717, 1.165) is 37.1 Å². The van der Waals surface area contributed by atoms with Gasteiger partial charge in [-0.25, -0.2) is 4.39 Å². The number of rotatable bonds is 4. The van der Waals surface area contributed by atoms with Gasteiger partial charge in [-0.1, -0.05) is 29.6 Å². The fourth-order valence-electron chi connectivity index (χ4n) is 3.97. The van der Waals surface area contributed by atoms with Gasteiger partial charge in [-0.3, -0.25) is 4.79 Å². The van der Waals surface area contributed by atoms with Crippen LogP contribution in [0.25, 0.3) is 0 Å². The molecule has 7 heteroatoms. The fourth-order valence-corrected chi connectivity index (χ4v) is 4.30. The molecule has 1 aromatic carbocycles. The molecule has 5 nitrogen and oxygen atoms in total. The maximum Gasteiger partial charge on any atom is 0.227 e. The normalized spacial score (nSPS) is 17.5. The summed E-state index contributed by atoms with van der Waals surface area (Å²) in [6.07, 6.45) is 6.83. The van der Waals surface area contributed by atoms with Crippen molar-refractivity contribution in [2.24, 2.45) is 0 Å². The van der Waals surface area contributed by atoms with E-state index in [1.54, 1.807) is 4.90 Å². The molecule has 1 amide bonds. The van der Waals surface area contributed by atoms with Crippen LogP contribution in [0, 0.1) is 5.82 Å². The van der Waals surface area contributed by atoms with Crippen LogP contribution in [0.2, 0.25) is 5.02 Å². The van der Waals surface area contributed by atoms with Crippen LogP contribution in [0.4, 0.5) is 10.1 Å². The molecule has 0 unspecified atom stereocenters. The Morgan fingerprint density at radius 2 is 2.12 bits per heavy atom. The first kappa shape index (κ1) is 17.5. The summed E-state index contributed by atoms with van der Waals surface area (Å²) in [5.74, 6) is 1.24. The molecule has 0 atom stereocenters. The second kappa shape index (κ2) is 7.35. The Labute approximate surface area is 156 Å². The summed E-state index contributed by atoms with van der Waals surface area (Å²) in [6.45, 7) is 0.592. The van der Waals surface area contributed by atoms with E-state index >= 15 is 0 Å². The molecule has 2 aromatic rings. The average Bonchev–Trinajstić information content (AvgIpc) is 3.30. The third-order valence-corrected chi connectivity index (χ3v) is 5.55. The van der Waals surface area contributed by atoms with Gasteiger partial charge in [-0.15, -0.1) is 0 Å². The number of hydrogen-bond acceptors (Lipinski definition) is 4. The van der Waals surface area contributed by atoms with Crippen LogP contribution in [0.3, 0.4) is 0 Å². The van der Waals surface area contributed by atoms with E-state index < -0.39 is 0 Å². The van der Waals surface area contributed by atoms with Gasteiger partial charge >= 0.3 is 0 Å². The quantitative estimate of drug-likeness (QED) is 0.790. The largest absolute Gasteiger partial charge is 0.339 e. The molecule has 1 aromatic heterocycles. The minimum absolute atomic E-state index is 0.0555. The van der Waals surface area contributed by atoms with Crippen LogP contribution in [0.1, 0.15) is 61.7 Å². The molecule has 138 valence electrons. The van der Waals surface area contributed by atoms with E-state index in [1.165, 1.54) is 25.0 Å². The standard InChI is InChI=1S/C19H21ClFN3O2/c20-15-11-14(21)10-13-6-3-9-24(18(13)15)17(25)8-7-16-22-19(23-26-16)12-4-1-2-5-12/h10-12H,1-9H2. The number of anilines is 1. The zero-order chi connectivity index (χ0) is 18.1. The van der Waals surface area contributed by atoms with Gasteiger partial charge in [0.15, 0.2) is 5.82 Å². The smallest absolute Gasteiger partial charge is 0.227 e. The number of carbonyl (C=O) groups excluding carboxylic acids is 1. The summed E-state index contributed by atoms with van der Waals surface area (Å²) in [4.78, 5) is 18.8. The fraction of sp³-hybridized carbons (Fsp3) is 0.526. The van der Waals surface area contributed by atoms with Gasteiger partial charge in [0.05, 0.1) is 10.7 Å². The zero-order valence-corrected chi connectivity index (χ0v) is 15.3. The van der Waals surface area contributed by atoms with Crippen LogP contribution in [-0.4, -0.2) is 22.6 Å². The Kier molecular flexibility index (Phi) is 4.94. The summed E-state index contributed by atoms with van der Waals surface area (Å²) in [5, 5.41) is 4.36. The number of hydrogen-bond donors (Lipinski definition) is 0. The second-order valence-electron chi connectivity index (χ2n) is 7.07. The minimum atomic E-state index is -0.367. The highest BCUT2D eigenvalue weighted by molar-refractivity contribution is 6.34. The Balaban J connectivity index is 1.43. The van der Waals surface area contributed by atoms with Crippen molar-refractivity contribution < 1.29 is 13.7 Å². The van der Waals surface area contributed by atoms with Crippen molar-refractivity contribution in [3.8, 4) is 0 Å². The molecule has 0 spiro atoms. The average molecular weight is 378 g/mol. The summed E-state index contributed by atoms with van der Waals surface area (Å²) in [5.41, 5.74) is 1.43. The maximum absolute atomic E-state index is 13.6. The molecule has 4 rings (SSSR count). The molecule has 2 heterocycles. The van der Waals surface area contributed by atoms with Crippen LogP contribution < -0.4 is 4.90 Å². The first-order valence-corrected chi connectivity index (χ1v) is 9.60. The lowest BCUT2D eigenvalue weighted by Crippen LogP contribution is -2.36. The molecule has 0 bridgehead atoms. The lowest BCUT2D eigenvalue weighted by Gasteiger charge is -2.30. The van der Waals surface area contributed by atoms with Crippen LogP contribution in [0.5, 0.6) is 0 Å². The number of benzene rings is 1. The van der Waals surface area contributed by atoms with Gasteiger partial charge in [-0.05, 0) is 43.4 Å². The number of carbonyl (C=O) groups is 1. The summed E-state index contributed by atoms with van der Waals surface area (Å²) < 4.78 is 18.9. The molecule has 2 aliphatic rings. The van der Waals surface area contributed by atoms with Crippen molar-refractivity contribution >= 4 is 23.2 Å². The monoisotopic (exact) mass is 377 g/mol. The molecule has 1 aliphatic heterocycles. The Morgan fingerprint density at radius 3 is 2.92 bits per heavy atom. The zero-order valence-electron chi connectivity index (χ0n) is 14.5. The van der Waals surface area contributed by atoms with Crippen molar-refractivity contribution in [1.82, 2.24) is 10.1 Å². The third-order valence-electron chi connectivity index (χ3n) is 5.26. The van der Waals surface area contributed by atoms with Gasteiger partial charge in [0.25, 0.3) is 0 Å². The molecule has 26 heavy (non-hydrogen) atoms. The number of aromatic nitrogens is 2. The molecule has 0 N–H and O–H groups in total. The predicted octanol–water partition coefficient (Wildman–Crippen LogP) is 4.43. The summed E-state index contributed by atoms with van der Waals surface area (Å²) in [7, 11) is 0. The maximum atomic E-state index is 13.6. The van der Waals surface area contributed by atoms with Crippen LogP contribution in [0.15, 0.2) is 16.7 Å². The highest BCUT2D eigenvalue weighted by atomic mass is 35.5. The number of amides is 1. The van der Waals surface area contributed by atoms with Crippen molar-refractivity contribution in [3.63, 3.8) is 0 Å². The molecule has 1 aliphatic carbocycles. The number of aryl methyl sites for hydroxylation is 2. The van der Waals surface area contributed by atoms with E-state index in [9.17, 15) is 9.18 Å². The SMILES string of the molecule is O=C(CCc1nc(C2CCCC2)no1)N1CCCc2cc(F)cc(Cl)c21. The predicted molar refractivity (Wildman–Crippen MR) is 95.9 cm³/mol. The van der Waals surface area contributed by atoms with Gasteiger partial charge < -0.3 is 9.42 Å². The lowest BCUT2D eigenvalue weighted by molar-refractivity contribution is -0.118. The minimum Gasteiger partial charge on any atom is -0.339 e. The Bertz CT molecular complexity index is 817. The van der Waals surface area contributed by atoms with E-state index in [1.807, 2.05) is 0 Å². The Hall–Kier alpha value is -1.95. The van der Waals surface area contributed by atoms with E-state index in [2.05, 4.69) is 10.1 Å². The highest BCUT2D eigenvalue weighted by Crippen LogP contribution is 2.36. The van der Waals surface area contributed by atoms with Crippen molar-refractivity contribution in [2.45, 2.75) is 57.3 Å². The molecule has 0 radical (unpaired) electrons. The van der Waals surface area contributed by atoms with Crippen LogP contribution in [-0.2, 0) is 17.6 Å². The first-order chi connectivity index (χ1) is 12.6. The highest BCUT2D eigenvalue weighted by Gasteiger charge is 2.27. The summed E-state index contributed by atoms with van der Waals surface area (Å²) >= 11 is 6.20. The van der Waals surface area contributed by atoms with Crippen molar-refractivity contribution in [3.05, 3.63) is 40.3 Å². The number of fused-ring (bicyclic) bond motifs is 1. The third kappa shape index (κ3) is 3.47. The molecular weight excluding hydrogens is 357 g/mol. The van der Waals surface area contributed by atoms with Gasteiger partial charge in [0.2, 0.25) is 11.8 Å². The molecular formula is C19H21ClFN3O2. The molecule has 0 saturated heterocycles. The van der Waals surface area contributed by atoms with Crippen LogP contribution >= 0.6 is 11.6 Å². The Morgan fingerprint density at radius 1 is 1.31 bits per heavy atom. The van der Waals surface area contributed by atoms with Gasteiger partial charge in [-0.2, -0.15) is 4.98 Å².